The van der Waals surface area contributed by atoms with Gasteiger partial charge in [0.25, 0.3) is 5.91 Å². The molecule has 1 aromatic rings. The number of rotatable bonds is 2. The fourth-order valence-electron chi connectivity index (χ4n) is 4.18. The summed E-state index contributed by atoms with van der Waals surface area (Å²) in [7, 11) is 2.24. The highest BCUT2D eigenvalue weighted by Crippen LogP contribution is 2.48. The molecule has 3 aliphatic rings. The third-order valence-electron chi connectivity index (χ3n) is 5.91. The molecule has 1 saturated heterocycles. The molecule has 2 aliphatic heterocycles. The number of carbonyl (C=O) groups excluding carboxylic acids is 1. The number of hydrogen-bond donors (Lipinski definition) is 2. The van der Waals surface area contributed by atoms with Gasteiger partial charge in [-0.05, 0) is 44.4 Å². The van der Waals surface area contributed by atoms with E-state index in [0.717, 1.165) is 30.8 Å². The van der Waals surface area contributed by atoms with E-state index in [1.807, 2.05) is 6.07 Å². The molecule has 0 bridgehead atoms. The van der Waals surface area contributed by atoms with Crippen LogP contribution in [0.5, 0.6) is 0 Å². The third-order valence-corrected chi connectivity index (χ3v) is 5.91. The van der Waals surface area contributed by atoms with Crippen LogP contribution in [0, 0.1) is 0 Å². The summed E-state index contributed by atoms with van der Waals surface area (Å²) in [4.78, 5) is 20.9. The summed E-state index contributed by atoms with van der Waals surface area (Å²) in [6.45, 7) is 3.15. The van der Waals surface area contributed by atoms with E-state index in [9.17, 15) is 4.79 Å². The van der Waals surface area contributed by atoms with Gasteiger partial charge < -0.3 is 4.90 Å². The Kier molecular flexibility index (Phi) is 3.21. The minimum atomic E-state index is -0.494. The quantitative estimate of drug-likeness (QED) is 0.624. The highest BCUT2D eigenvalue weighted by atomic mass is 16.5. The standard InChI is InChI=1S/C16H22N4O2/c1-19-5-3-16(19)7-13(8-16)20-4-2-11-6-12(15(21)18-22)9-17-14(11)10-20/h6,9,13,22H,2-5,7-8,10H2,1H3,(H,18,21). The molecule has 22 heavy (non-hydrogen) atoms. The fourth-order valence-corrected chi connectivity index (χ4v) is 4.18. The van der Waals surface area contributed by atoms with Crippen LogP contribution in [-0.2, 0) is 13.0 Å². The van der Waals surface area contributed by atoms with E-state index < -0.39 is 5.91 Å². The molecule has 1 amide bonds. The first-order valence-corrected chi connectivity index (χ1v) is 7.99. The minimum Gasteiger partial charge on any atom is -0.300 e. The summed E-state index contributed by atoms with van der Waals surface area (Å²) in [5.41, 5.74) is 4.80. The number of carbonyl (C=O) groups is 1. The summed E-state index contributed by atoms with van der Waals surface area (Å²) in [5, 5.41) is 8.71. The molecule has 6 nitrogen and oxygen atoms in total. The van der Waals surface area contributed by atoms with Crippen molar-refractivity contribution in [3.63, 3.8) is 0 Å². The zero-order valence-electron chi connectivity index (χ0n) is 12.9. The van der Waals surface area contributed by atoms with Crippen LogP contribution in [0.4, 0.5) is 0 Å². The molecule has 0 radical (unpaired) electrons. The molecular weight excluding hydrogens is 280 g/mol. The molecule has 4 rings (SSSR count). The minimum absolute atomic E-state index is 0.424. The van der Waals surface area contributed by atoms with E-state index in [1.165, 1.54) is 25.8 Å². The second kappa shape index (κ2) is 5.01. The Morgan fingerprint density at radius 2 is 2.27 bits per heavy atom. The zero-order chi connectivity index (χ0) is 15.3. The van der Waals surface area contributed by atoms with Crippen molar-refractivity contribution in [2.75, 3.05) is 20.1 Å². The summed E-state index contributed by atoms with van der Waals surface area (Å²) in [5.74, 6) is -0.494. The molecule has 0 aromatic carbocycles. The first kappa shape index (κ1) is 14.1. The number of fused-ring (bicyclic) bond motifs is 1. The van der Waals surface area contributed by atoms with Gasteiger partial charge in [-0.1, -0.05) is 0 Å². The van der Waals surface area contributed by atoms with Crippen molar-refractivity contribution in [2.45, 2.75) is 43.8 Å². The van der Waals surface area contributed by atoms with E-state index >= 15 is 0 Å². The Balaban J connectivity index is 1.43. The first-order chi connectivity index (χ1) is 10.6. The fraction of sp³-hybridized carbons (Fsp3) is 0.625. The SMILES string of the molecule is CN1CCC12CC(N1CCc3cc(C(=O)NO)cnc3C1)C2. The lowest BCUT2D eigenvalue weighted by atomic mass is 9.64. The highest BCUT2D eigenvalue weighted by molar-refractivity contribution is 5.93. The second-order valence-electron chi connectivity index (χ2n) is 6.95. The molecule has 2 N–H and O–H groups in total. The maximum Gasteiger partial charge on any atom is 0.276 e. The van der Waals surface area contributed by atoms with E-state index in [2.05, 4.69) is 21.8 Å². The number of hydrogen-bond acceptors (Lipinski definition) is 5. The number of nitrogens with zero attached hydrogens (tertiary/aromatic N) is 3. The maximum absolute atomic E-state index is 11.5. The van der Waals surface area contributed by atoms with Crippen LogP contribution in [0.25, 0.3) is 0 Å². The number of aromatic nitrogens is 1. The number of likely N-dealkylation sites (tertiary alicyclic amines) is 1. The molecule has 1 aliphatic carbocycles. The molecule has 1 aromatic heterocycles. The summed E-state index contributed by atoms with van der Waals surface area (Å²) in [6, 6.07) is 2.53. The largest absolute Gasteiger partial charge is 0.300 e. The second-order valence-corrected chi connectivity index (χ2v) is 6.95. The van der Waals surface area contributed by atoms with Crippen LogP contribution in [0.2, 0.25) is 0 Å². The van der Waals surface area contributed by atoms with Gasteiger partial charge in [0, 0.05) is 37.4 Å². The monoisotopic (exact) mass is 302 g/mol. The summed E-state index contributed by atoms with van der Waals surface area (Å²) >= 11 is 0. The molecule has 2 fully saturated rings. The topological polar surface area (TPSA) is 68.7 Å². The Morgan fingerprint density at radius 3 is 2.91 bits per heavy atom. The van der Waals surface area contributed by atoms with Gasteiger partial charge >= 0.3 is 0 Å². The molecule has 1 spiro atoms. The Hall–Kier alpha value is -1.50. The van der Waals surface area contributed by atoms with Gasteiger partial charge in [0.05, 0.1) is 11.3 Å². The van der Waals surface area contributed by atoms with Gasteiger partial charge in [-0.15, -0.1) is 0 Å². The van der Waals surface area contributed by atoms with Gasteiger partial charge in [0.15, 0.2) is 0 Å². The van der Waals surface area contributed by atoms with Crippen molar-refractivity contribution in [3.05, 3.63) is 29.1 Å². The van der Waals surface area contributed by atoms with Gasteiger partial charge in [0.1, 0.15) is 0 Å². The lowest BCUT2D eigenvalue weighted by molar-refractivity contribution is -0.106. The van der Waals surface area contributed by atoms with Crippen molar-refractivity contribution in [3.8, 4) is 0 Å². The Morgan fingerprint density at radius 1 is 1.45 bits per heavy atom. The number of nitrogens with one attached hydrogen (secondary N) is 1. The molecule has 0 atom stereocenters. The number of pyridine rings is 1. The van der Waals surface area contributed by atoms with Gasteiger partial charge in [-0.2, -0.15) is 0 Å². The van der Waals surface area contributed by atoms with Crippen LogP contribution >= 0.6 is 0 Å². The zero-order valence-corrected chi connectivity index (χ0v) is 12.9. The smallest absolute Gasteiger partial charge is 0.276 e. The Labute approximate surface area is 130 Å². The molecule has 0 unspecified atom stereocenters. The van der Waals surface area contributed by atoms with E-state index in [4.69, 9.17) is 5.21 Å². The van der Waals surface area contributed by atoms with Crippen molar-refractivity contribution in [2.24, 2.45) is 0 Å². The lowest BCUT2D eigenvalue weighted by Gasteiger charge is -2.62. The average molecular weight is 302 g/mol. The van der Waals surface area contributed by atoms with Crippen molar-refractivity contribution in [1.29, 1.82) is 0 Å². The van der Waals surface area contributed by atoms with Crippen LogP contribution in [0.15, 0.2) is 12.3 Å². The third kappa shape index (κ3) is 2.06. The van der Waals surface area contributed by atoms with Crippen molar-refractivity contribution < 1.29 is 10.0 Å². The predicted octanol–water partition coefficient (Wildman–Crippen LogP) is 0.795. The van der Waals surface area contributed by atoms with Crippen LogP contribution in [0.1, 0.15) is 40.9 Å². The summed E-state index contributed by atoms with van der Waals surface area (Å²) < 4.78 is 0. The predicted molar refractivity (Wildman–Crippen MR) is 80.6 cm³/mol. The maximum atomic E-state index is 11.5. The lowest BCUT2D eigenvalue weighted by Crippen LogP contribution is -2.69. The highest BCUT2D eigenvalue weighted by Gasteiger charge is 2.53. The van der Waals surface area contributed by atoms with Gasteiger partial charge in [-0.25, -0.2) is 5.48 Å². The van der Waals surface area contributed by atoms with E-state index in [0.29, 0.717) is 17.1 Å². The van der Waals surface area contributed by atoms with Crippen molar-refractivity contribution >= 4 is 5.91 Å². The number of amides is 1. The molecular formula is C16H22N4O2. The summed E-state index contributed by atoms with van der Waals surface area (Å²) in [6.07, 6.45) is 6.39. The van der Waals surface area contributed by atoms with Crippen molar-refractivity contribution in [1.82, 2.24) is 20.3 Å². The van der Waals surface area contributed by atoms with Crippen LogP contribution < -0.4 is 5.48 Å². The van der Waals surface area contributed by atoms with E-state index in [1.54, 1.807) is 11.7 Å². The Bertz CT molecular complexity index is 612. The van der Waals surface area contributed by atoms with Crippen LogP contribution in [0.3, 0.4) is 0 Å². The normalized spacial score (nSPS) is 31.3. The average Bonchev–Trinajstić information content (AvgIpc) is 2.51. The van der Waals surface area contributed by atoms with Gasteiger partial charge in [-0.3, -0.25) is 19.9 Å². The van der Waals surface area contributed by atoms with E-state index in [-0.39, 0.29) is 0 Å². The van der Waals surface area contributed by atoms with Gasteiger partial charge in [0.2, 0.25) is 0 Å². The molecule has 3 heterocycles. The molecule has 118 valence electrons. The van der Waals surface area contributed by atoms with Crippen LogP contribution in [-0.4, -0.2) is 57.6 Å². The molecule has 1 saturated carbocycles. The number of hydroxylamine groups is 1. The molecule has 6 heteroatoms. The first-order valence-electron chi connectivity index (χ1n) is 7.99.